The summed E-state index contributed by atoms with van der Waals surface area (Å²) >= 11 is 0. The molecule has 0 spiro atoms. The summed E-state index contributed by atoms with van der Waals surface area (Å²) in [7, 11) is 3.45. The number of hydrogen-bond donors (Lipinski definition) is 1. The van der Waals surface area contributed by atoms with Gasteiger partial charge in [0.15, 0.2) is 0 Å². The van der Waals surface area contributed by atoms with Crippen molar-refractivity contribution in [1.29, 1.82) is 0 Å². The predicted octanol–water partition coefficient (Wildman–Crippen LogP) is 3.68. The Labute approximate surface area is 180 Å². The van der Waals surface area contributed by atoms with Gasteiger partial charge in [0.1, 0.15) is 0 Å². The molecule has 1 saturated carbocycles. The number of ether oxygens (including phenoxy) is 2. The van der Waals surface area contributed by atoms with Crippen LogP contribution in [0.2, 0.25) is 0 Å². The molecule has 6 nitrogen and oxygen atoms in total. The molecule has 0 heterocycles. The molecule has 6 heteroatoms. The minimum Gasteiger partial charge on any atom is -0.465 e. The fourth-order valence-corrected chi connectivity index (χ4v) is 3.76. The zero-order chi connectivity index (χ0) is 21.8. The van der Waals surface area contributed by atoms with Crippen LogP contribution in [0.15, 0.2) is 36.9 Å². The molecule has 0 aliphatic heterocycles. The molecule has 0 radical (unpaired) electrons. The highest BCUT2D eigenvalue weighted by Gasteiger charge is 2.22. The topological polar surface area (TPSA) is 67.9 Å². The van der Waals surface area contributed by atoms with Crippen LogP contribution in [0.5, 0.6) is 0 Å². The van der Waals surface area contributed by atoms with Crippen molar-refractivity contribution in [1.82, 2.24) is 10.2 Å². The molecule has 1 amide bonds. The molecule has 30 heavy (non-hydrogen) atoms. The second-order valence-corrected chi connectivity index (χ2v) is 8.05. The van der Waals surface area contributed by atoms with Crippen molar-refractivity contribution in [2.24, 2.45) is 5.92 Å². The Balaban J connectivity index is 1.59. The first-order valence-electron chi connectivity index (χ1n) is 10.9. The third kappa shape index (κ3) is 8.28. The minimum absolute atomic E-state index is 0.105. The summed E-state index contributed by atoms with van der Waals surface area (Å²) in [6, 6.07) is 6.53. The Kier molecular flexibility index (Phi) is 10.6. The fourth-order valence-electron chi connectivity index (χ4n) is 3.76. The van der Waals surface area contributed by atoms with Crippen LogP contribution in [0, 0.1) is 5.92 Å². The molecule has 1 aromatic rings. The lowest BCUT2D eigenvalue weighted by Gasteiger charge is -2.28. The second-order valence-electron chi connectivity index (χ2n) is 8.05. The second kappa shape index (κ2) is 13.2. The number of nitrogens with zero attached hydrogens (tertiary/aromatic N) is 1. The van der Waals surface area contributed by atoms with Crippen LogP contribution < -0.4 is 5.32 Å². The number of unbranched alkanes of at least 4 members (excludes halogenated alkanes) is 1. The minimum atomic E-state index is -0.402. The van der Waals surface area contributed by atoms with Crippen molar-refractivity contribution in [3.05, 3.63) is 48.0 Å². The molecule has 1 fully saturated rings. The number of carbonyl (C=O) groups is 2. The van der Waals surface area contributed by atoms with Crippen molar-refractivity contribution in [2.45, 2.75) is 44.6 Å². The van der Waals surface area contributed by atoms with Gasteiger partial charge in [0, 0.05) is 25.3 Å². The average molecular weight is 417 g/mol. The quantitative estimate of drug-likeness (QED) is 0.320. The maximum atomic E-state index is 12.3. The molecule has 1 N–H and O–H groups in total. The zero-order valence-electron chi connectivity index (χ0n) is 18.4. The number of esters is 1. The van der Waals surface area contributed by atoms with Gasteiger partial charge in [-0.3, -0.25) is 4.79 Å². The number of methoxy groups -OCH3 is 1. The molecule has 2 rings (SSSR count). The summed E-state index contributed by atoms with van der Waals surface area (Å²) < 4.78 is 10.7. The monoisotopic (exact) mass is 416 g/mol. The molecule has 0 aromatic heterocycles. The van der Waals surface area contributed by atoms with Gasteiger partial charge >= 0.3 is 5.97 Å². The number of nitrogens with one attached hydrogen (secondary N) is 1. The smallest absolute Gasteiger partial charge is 0.337 e. The number of carbonyl (C=O) groups excluding carboxylic acids is 2. The lowest BCUT2D eigenvalue weighted by atomic mass is 9.87. The molecule has 1 aromatic carbocycles. The van der Waals surface area contributed by atoms with Crippen molar-refractivity contribution in [3.8, 4) is 0 Å². The van der Waals surface area contributed by atoms with Gasteiger partial charge < -0.3 is 19.7 Å². The first kappa shape index (κ1) is 24.1. The van der Waals surface area contributed by atoms with Gasteiger partial charge in [-0.05, 0) is 82.3 Å². The maximum absolute atomic E-state index is 12.3. The van der Waals surface area contributed by atoms with E-state index in [2.05, 4.69) is 28.6 Å². The van der Waals surface area contributed by atoms with Crippen LogP contribution in [0.3, 0.4) is 0 Å². The number of amides is 1. The van der Waals surface area contributed by atoms with Crippen LogP contribution in [-0.2, 0) is 9.47 Å². The first-order chi connectivity index (χ1) is 14.5. The summed E-state index contributed by atoms with van der Waals surface area (Å²) in [6.07, 6.45) is 8.79. The third-order valence-electron chi connectivity index (χ3n) is 5.64. The molecule has 0 bridgehead atoms. The normalized spacial score (nSPS) is 18.8. The van der Waals surface area contributed by atoms with Gasteiger partial charge in [0.05, 0.1) is 18.8 Å². The summed E-state index contributed by atoms with van der Waals surface area (Å²) in [5.74, 6) is -0.0112. The summed E-state index contributed by atoms with van der Waals surface area (Å²) in [5, 5.41) is 3.02. The molecule has 0 unspecified atom stereocenters. The Bertz CT molecular complexity index is 666. The van der Waals surface area contributed by atoms with Crippen LogP contribution >= 0.6 is 0 Å². The standard InChI is InChI=1S/C24H36N2O4/c1-4-15-26(2)16-5-6-17-30-22-13-7-19(8-14-22)18-25-23(27)20-9-11-21(12-10-20)24(28)29-3/h4,9-12,19,22H,1,5-8,13-18H2,2-3H3,(H,25,27). The number of rotatable bonds is 12. The molecular weight excluding hydrogens is 380 g/mol. The van der Waals surface area contributed by atoms with E-state index in [-0.39, 0.29) is 5.91 Å². The van der Waals surface area contributed by atoms with Gasteiger partial charge in [-0.1, -0.05) is 6.08 Å². The Morgan fingerprint density at radius 3 is 2.43 bits per heavy atom. The molecule has 1 aliphatic carbocycles. The molecule has 1 aliphatic rings. The SMILES string of the molecule is C=CCN(C)CCCCOC1CCC(CNC(=O)c2ccc(C(=O)OC)cc2)CC1. The maximum Gasteiger partial charge on any atom is 0.337 e. The molecule has 0 atom stereocenters. The van der Waals surface area contributed by atoms with E-state index >= 15 is 0 Å². The van der Waals surface area contributed by atoms with E-state index in [0.717, 1.165) is 58.2 Å². The van der Waals surface area contributed by atoms with Crippen molar-refractivity contribution < 1.29 is 19.1 Å². The van der Waals surface area contributed by atoms with E-state index in [9.17, 15) is 9.59 Å². The average Bonchev–Trinajstić information content (AvgIpc) is 2.77. The lowest BCUT2D eigenvalue weighted by molar-refractivity contribution is 0.0159. The van der Waals surface area contributed by atoms with E-state index in [4.69, 9.17) is 4.74 Å². The van der Waals surface area contributed by atoms with E-state index < -0.39 is 5.97 Å². The van der Waals surface area contributed by atoms with Gasteiger partial charge in [-0.15, -0.1) is 6.58 Å². The molecule has 166 valence electrons. The Morgan fingerprint density at radius 1 is 1.13 bits per heavy atom. The van der Waals surface area contributed by atoms with Crippen LogP contribution in [0.25, 0.3) is 0 Å². The van der Waals surface area contributed by atoms with Crippen molar-refractivity contribution in [2.75, 3.05) is 40.4 Å². The lowest BCUT2D eigenvalue weighted by Crippen LogP contribution is -2.32. The Hall–Kier alpha value is -2.18. The van der Waals surface area contributed by atoms with Gasteiger partial charge in [0.2, 0.25) is 0 Å². The Morgan fingerprint density at radius 2 is 1.80 bits per heavy atom. The number of benzene rings is 1. The van der Waals surface area contributed by atoms with E-state index in [0.29, 0.717) is 29.7 Å². The summed E-state index contributed by atoms with van der Waals surface area (Å²) in [6.45, 7) is 7.27. The van der Waals surface area contributed by atoms with Crippen LogP contribution in [-0.4, -0.2) is 63.3 Å². The van der Waals surface area contributed by atoms with Gasteiger partial charge in [-0.2, -0.15) is 0 Å². The highest BCUT2D eigenvalue weighted by Crippen LogP contribution is 2.26. The predicted molar refractivity (Wildman–Crippen MR) is 119 cm³/mol. The molecule has 0 saturated heterocycles. The van der Waals surface area contributed by atoms with Gasteiger partial charge in [0.25, 0.3) is 5.91 Å². The van der Waals surface area contributed by atoms with Crippen LogP contribution in [0.4, 0.5) is 0 Å². The van der Waals surface area contributed by atoms with Crippen molar-refractivity contribution >= 4 is 11.9 Å². The third-order valence-corrected chi connectivity index (χ3v) is 5.64. The highest BCUT2D eigenvalue weighted by molar-refractivity contribution is 5.96. The fraction of sp³-hybridized carbons (Fsp3) is 0.583. The zero-order valence-corrected chi connectivity index (χ0v) is 18.4. The van der Waals surface area contributed by atoms with E-state index in [1.54, 1.807) is 24.3 Å². The number of hydrogen-bond acceptors (Lipinski definition) is 5. The van der Waals surface area contributed by atoms with E-state index in [1.807, 2.05) is 6.08 Å². The highest BCUT2D eigenvalue weighted by atomic mass is 16.5. The number of likely N-dealkylation sites (N-methyl/N-ethyl adjacent to an activating group) is 1. The van der Waals surface area contributed by atoms with Crippen molar-refractivity contribution in [3.63, 3.8) is 0 Å². The van der Waals surface area contributed by atoms with Crippen LogP contribution in [0.1, 0.15) is 59.2 Å². The summed E-state index contributed by atoms with van der Waals surface area (Å²) in [5.41, 5.74) is 0.995. The van der Waals surface area contributed by atoms with E-state index in [1.165, 1.54) is 7.11 Å². The molecular formula is C24H36N2O4. The summed E-state index contributed by atoms with van der Waals surface area (Å²) in [4.78, 5) is 26.1. The van der Waals surface area contributed by atoms with Gasteiger partial charge in [-0.25, -0.2) is 4.79 Å². The first-order valence-corrected chi connectivity index (χ1v) is 10.9. The largest absolute Gasteiger partial charge is 0.465 e.